The van der Waals surface area contributed by atoms with Crippen LogP contribution in [0.3, 0.4) is 0 Å². The molecular weight excluding hydrogens is 380 g/mol. The molecule has 0 amide bonds. The molecule has 92 valence electrons. The molecule has 0 heterocycles. The van der Waals surface area contributed by atoms with Crippen LogP contribution < -0.4 is 17.2 Å². The van der Waals surface area contributed by atoms with E-state index in [0.717, 1.165) is 0 Å². The maximum atomic E-state index is 13.5. The molecule has 0 fully saturated rings. The predicted octanol–water partition coefficient (Wildman–Crippen LogP) is 2.22. The summed E-state index contributed by atoms with van der Waals surface area (Å²) >= 11 is 11.9. The van der Waals surface area contributed by atoms with Crippen LogP contribution in [0.5, 0.6) is 0 Å². The van der Waals surface area contributed by atoms with E-state index in [9.17, 15) is 4.39 Å². The zero-order valence-corrected chi connectivity index (χ0v) is 12.1. The molecule has 0 unspecified atom stereocenters. The van der Waals surface area contributed by atoms with Gasteiger partial charge in [-0.2, -0.15) is 4.99 Å². The fraction of sp³-hybridized carbons (Fsp3) is 0. The molecule has 6 N–H and O–H groups in total. The summed E-state index contributed by atoms with van der Waals surface area (Å²) in [7, 11) is 0. The highest BCUT2D eigenvalue weighted by molar-refractivity contribution is 9.11. The third kappa shape index (κ3) is 3.55. The van der Waals surface area contributed by atoms with E-state index in [-0.39, 0.29) is 31.6 Å². The Kier molecular flexibility index (Phi) is 4.72. The lowest BCUT2D eigenvalue weighted by Crippen LogP contribution is -2.26. The van der Waals surface area contributed by atoms with Crippen LogP contribution in [-0.2, 0) is 0 Å². The van der Waals surface area contributed by atoms with Gasteiger partial charge in [-0.05, 0) is 37.9 Å². The summed E-state index contributed by atoms with van der Waals surface area (Å²) in [6, 6.07) is 1.35. The molecule has 0 spiro atoms. The Balaban J connectivity index is 3.34. The monoisotopic (exact) mass is 385 g/mol. The van der Waals surface area contributed by atoms with Crippen molar-refractivity contribution in [1.29, 1.82) is 0 Å². The largest absolute Gasteiger partial charge is 0.370 e. The van der Waals surface area contributed by atoms with Gasteiger partial charge >= 0.3 is 0 Å². The van der Waals surface area contributed by atoms with E-state index in [0.29, 0.717) is 0 Å². The molecule has 1 aromatic rings. The molecule has 0 radical (unpaired) electrons. The molecule has 17 heavy (non-hydrogen) atoms. The molecule has 5 nitrogen and oxygen atoms in total. The second-order valence-corrected chi connectivity index (χ2v) is 4.88. The molecule has 0 atom stereocenters. The average Bonchev–Trinajstić information content (AvgIpc) is 2.20. The molecular formula is C8H7Br2ClFN5. The quantitative estimate of drug-likeness (QED) is 0.298. The van der Waals surface area contributed by atoms with Crippen molar-refractivity contribution in [3.63, 3.8) is 0 Å². The highest BCUT2D eigenvalue weighted by Gasteiger charge is 2.14. The van der Waals surface area contributed by atoms with E-state index in [1.54, 1.807) is 0 Å². The van der Waals surface area contributed by atoms with E-state index in [1.807, 2.05) is 0 Å². The first kappa shape index (κ1) is 14.2. The summed E-state index contributed by atoms with van der Waals surface area (Å²) < 4.78 is 13.8. The van der Waals surface area contributed by atoms with Gasteiger partial charge in [-0.1, -0.05) is 11.6 Å². The Morgan fingerprint density at radius 2 is 1.88 bits per heavy atom. The molecule has 1 aromatic carbocycles. The molecule has 0 aliphatic rings. The van der Waals surface area contributed by atoms with Gasteiger partial charge in [-0.3, -0.25) is 0 Å². The van der Waals surface area contributed by atoms with Crippen molar-refractivity contribution in [2.45, 2.75) is 0 Å². The van der Waals surface area contributed by atoms with Crippen molar-refractivity contribution in [1.82, 2.24) is 0 Å². The maximum absolute atomic E-state index is 13.5. The normalized spacial score (nSPS) is 11.4. The van der Waals surface area contributed by atoms with Crippen LogP contribution in [0.2, 0.25) is 5.02 Å². The number of hydrogen-bond acceptors (Lipinski definition) is 1. The van der Waals surface area contributed by atoms with E-state index in [4.69, 9.17) is 28.8 Å². The second kappa shape index (κ2) is 5.65. The number of nitrogens with two attached hydrogens (primary N) is 3. The van der Waals surface area contributed by atoms with Crippen LogP contribution in [0.25, 0.3) is 0 Å². The third-order valence-corrected chi connectivity index (χ3v) is 3.15. The van der Waals surface area contributed by atoms with E-state index in [1.165, 1.54) is 6.07 Å². The molecule has 0 aromatic heterocycles. The van der Waals surface area contributed by atoms with Crippen molar-refractivity contribution >= 4 is 61.1 Å². The molecule has 0 aliphatic heterocycles. The van der Waals surface area contributed by atoms with Crippen molar-refractivity contribution in [3.8, 4) is 0 Å². The number of benzene rings is 1. The van der Waals surface area contributed by atoms with Crippen LogP contribution in [-0.4, -0.2) is 11.9 Å². The smallest absolute Gasteiger partial charge is 0.223 e. The van der Waals surface area contributed by atoms with Crippen molar-refractivity contribution in [2.24, 2.45) is 27.2 Å². The number of aliphatic imine (C=N–C) groups is 2. The maximum Gasteiger partial charge on any atom is 0.223 e. The fourth-order valence-corrected chi connectivity index (χ4v) is 2.63. The van der Waals surface area contributed by atoms with E-state index in [2.05, 4.69) is 41.8 Å². The number of hydrogen-bond donors (Lipinski definition) is 3. The zero-order valence-electron chi connectivity index (χ0n) is 8.22. The Bertz CT molecular complexity index is 513. The Labute approximate surface area is 118 Å². The topological polar surface area (TPSA) is 103 Å². The molecule has 0 aliphatic carbocycles. The minimum atomic E-state index is -0.550. The van der Waals surface area contributed by atoms with Crippen molar-refractivity contribution in [3.05, 3.63) is 25.9 Å². The standard InChI is InChI=1S/C8H7Br2ClFN5/c9-2-1-3(11)6(4(10)5(2)12)16-8(15)17-7(13)14/h1H,(H6,13,14,15,16,17). The van der Waals surface area contributed by atoms with Gasteiger partial charge in [0.15, 0.2) is 11.8 Å². The van der Waals surface area contributed by atoms with Crippen LogP contribution in [0.1, 0.15) is 0 Å². The first-order valence-electron chi connectivity index (χ1n) is 4.09. The fourth-order valence-electron chi connectivity index (χ4n) is 0.931. The zero-order chi connectivity index (χ0) is 13.2. The van der Waals surface area contributed by atoms with Gasteiger partial charge < -0.3 is 17.2 Å². The minimum absolute atomic E-state index is 0.0608. The van der Waals surface area contributed by atoms with Gasteiger partial charge in [-0.15, -0.1) is 0 Å². The van der Waals surface area contributed by atoms with Gasteiger partial charge in [0.25, 0.3) is 0 Å². The van der Waals surface area contributed by atoms with E-state index < -0.39 is 5.82 Å². The Hall–Kier alpha value is -0.860. The molecule has 1 rings (SSSR count). The average molecular weight is 387 g/mol. The number of guanidine groups is 2. The highest BCUT2D eigenvalue weighted by Crippen LogP contribution is 2.39. The first-order valence-corrected chi connectivity index (χ1v) is 6.06. The van der Waals surface area contributed by atoms with Crippen LogP contribution in [0.4, 0.5) is 10.1 Å². The van der Waals surface area contributed by atoms with Gasteiger partial charge in [0, 0.05) is 0 Å². The first-order chi connectivity index (χ1) is 7.82. The summed E-state index contributed by atoms with van der Waals surface area (Å²) in [4.78, 5) is 7.30. The molecule has 0 bridgehead atoms. The summed E-state index contributed by atoms with van der Waals surface area (Å²) in [5.74, 6) is -1.03. The summed E-state index contributed by atoms with van der Waals surface area (Å²) in [6.45, 7) is 0. The third-order valence-electron chi connectivity index (χ3n) is 1.56. The second-order valence-electron chi connectivity index (χ2n) is 2.82. The van der Waals surface area contributed by atoms with Crippen LogP contribution in [0.15, 0.2) is 25.0 Å². The summed E-state index contributed by atoms with van der Waals surface area (Å²) in [6.07, 6.45) is 0. The predicted molar refractivity (Wildman–Crippen MR) is 73.9 cm³/mol. The molecule has 0 saturated heterocycles. The SMILES string of the molecule is NC(N)=NC(N)=Nc1c(Cl)cc(Br)c(F)c1Br. The summed E-state index contributed by atoms with van der Waals surface area (Å²) in [5.41, 5.74) is 15.8. The van der Waals surface area contributed by atoms with Gasteiger partial charge in [0.1, 0.15) is 5.69 Å². The number of rotatable bonds is 1. The lowest BCUT2D eigenvalue weighted by Gasteiger charge is -2.05. The minimum Gasteiger partial charge on any atom is -0.370 e. The lowest BCUT2D eigenvalue weighted by atomic mass is 10.3. The molecule has 9 heteroatoms. The van der Waals surface area contributed by atoms with Gasteiger partial charge in [0.2, 0.25) is 5.96 Å². The van der Waals surface area contributed by atoms with Crippen molar-refractivity contribution in [2.75, 3.05) is 0 Å². The Morgan fingerprint density at radius 1 is 1.29 bits per heavy atom. The Morgan fingerprint density at radius 3 is 2.41 bits per heavy atom. The molecule has 0 saturated carbocycles. The highest BCUT2D eigenvalue weighted by atomic mass is 79.9. The van der Waals surface area contributed by atoms with Gasteiger partial charge in [0.05, 0.1) is 14.0 Å². The number of halogens is 4. The van der Waals surface area contributed by atoms with Gasteiger partial charge in [-0.25, -0.2) is 9.38 Å². The van der Waals surface area contributed by atoms with Crippen LogP contribution >= 0.6 is 43.5 Å². The van der Waals surface area contributed by atoms with Crippen molar-refractivity contribution < 1.29 is 4.39 Å². The number of nitrogens with zero attached hydrogens (tertiary/aromatic N) is 2. The summed E-state index contributed by atoms with van der Waals surface area (Å²) in [5, 5.41) is 0.193. The lowest BCUT2D eigenvalue weighted by molar-refractivity contribution is 0.615. The van der Waals surface area contributed by atoms with E-state index >= 15 is 0 Å². The van der Waals surface area contributed by atoms with Crippen LogP contribution in [0, 0.1) is 5.82 Å².